The highest BCUT2D eigenvalue weighted by atomic mass is 19.4. The topological polar surface area (TPSA) is 30.0 Å². The van der Waals surface area contributed by atoms with E-state index >= 15 is 0 Å². The zero-order valence-electron chi connectivity index (χ0n) is 9.92. The third kappa shape index (κ3) is 2.61. The highest BCUT2D eigenvalue weighted by Crippen LogP contribution is 2.36. The van der Waals surface area contributed by atoms with Crippen LogP contribution in [0.3, 0.4) is 0 Å². The van der Waals surface area contributed by atoms with Gasteiger partial charge >= 0.3 is 12.1 Å². The van der Waals surface area contributed by atoms with Crippen molar-refractivity contribution in [1.29, 1.82) is 0 Å². The first-order valence-corrected chi connectivity index (χ1v) is 5.54. The first kappa shape index (κ1) is 14.4. The van der Waals surface area contributed by atoms with Gasteiger partial charge in [-0.05, 0) is 12.1 Å². The zero-order valence-corrected chi connectivity index (χ0v) is 9.92. The molecule has 0 amide bonds. The molecular weight excluding hydrogens is 281 g/mol. The predicted octanol–water partition coefficient (Wildman–Crippen LogP) is 3.54. The minimum absolute atomic E-state index is 0.127. The normalized spacial score (nSPS) is 12.7. The van der Waals surface area contributed by atoms with Gasteiger partial charge in [-0.25, -0.2) is 0 Å². The molecule has 106 valence electrons. The Kier molecular flexibility index (Phi) is 3.45. The summed E-state index contributed by atoms with van der Waals surface area (Å²) in [5.41, 5.74) is 0.297. The van der Waals surface area contributed by atoms with E-state index in [0.717, 1.165) is 0 Å². The number of hydrogen-bond acceptors (Lipinski definition) is 2. The number of ketones is 1. The summed E-state index contributed by atoms with van der Waals surface area (Å²) < 4.78 is 61.8. The van der Waals surface area contributed by atoms with Gasteiger partial charge in [-0.15, -0.1) is 0 Å². The van der Waals surface area contributed by atoms with Crippen LogP contribution in [0.25, 0.3) is 10.9 Å². The van der Waals surface area contributed by atoms with Gasteiger partial charge in [0.1, 0.15) is 0 Å². The van der Waals surface area contributed by atoms with Crippen molar-refractivity contribution in [2.75, 3.05) is 0 Å². The van der Waals surface area contributed by atoms with Crippen LogP contribution in [0.2, 0.25) is 0 Å². The van der Waals surface area contributed by atoms with Crippen LogP contribution in [0.15, 0.2) is 36.4 Å². The maximum absolute atomic E-state index is 12.8. The lowest BCUT2D eigenvalue weighted by Crippen LogP contribution is -2.44. The van der Waals surface area contributed by atoms with E-state index < -0.39 is 24.3 Å². The molecule has 1 aromatic heterocycles. The molecule has 0 aliphatic heterocycles. The zero-order chi connectivity index (χ0) is 15.0. The van der Waals surface area contributed by atoms with Crippen molar-refractivity contribution in [2.24, 2.45) is 0 Å². The maximum Gasteiger partial charge on any atom is 0.461 e. The van der Waals surface area contributed by atoms with E-state index in [-0.39, 0.29) is 5.69 Å². The molecule has 0 bridgehead atoms. The number of halogens is 5. The van der Waals surface area contributed by atoms with Crippen LogP contribution in [-0.2, 0) is 11.2 Å². The van der Waals surface area contributed by atoms with Gasteiger partial charge in [-0.2, -0.15) is 22.0 Å². The molecule has 0 unspecified atom stereocenters. The van der Waals surface area contributed by atoms with E-state index in [1.54, 1.807) is 24.3 Å². The molecule has 7 heteroatoms. The van der Waals surface area contributed by atoms with Crippen molar-refractivity contribution < 1.29 is 26.7 Å². The molecule has 0 N–H and O–H groups in total. The van der Waals surface area contributed by atoms with E-state index in [0.29, 0.717) is 10.9 Å². The SMILES string of the molecule is O=C(Cc1ccc2ccccc2n1)C(F)(F)C(F)(F)F. The first-order valence-electron chi connectivity index (χ1n) is 5.54. The van der Waals surface area contributed by atoms with Gasteiger partial charge in [0.05, 0.1) is 11.9 Å². The molecule has 20 heavy (non-hydrogen) atoms. The number of para-hydroxylation sites is 1. The molecule has 0 aliphatic carbocycles. The summed E-state index contributed by atoms with van der Waals surface area (Å²) in [6.07, 6.45) is -6.96. The average molecular weight is 289 g/mol. The summed E-state index contributed by atoms with van der Waals surface area (Å²) in [6, 6.07) is 9.42. The van der Waals surface area contributed by atoms with E-state index in [9.17, 15) is 26.7 Å². The van der Waals surface area contributed by atoms with E-state index in [4.69, 9.17) is 0 Å². The third-order valence-electron chi connectivity index (χ3n) is 2.70. The Balaban J connectivity index is 2.26. The second-order valence-electron chi connectivity index (χ2n) is 4.17. The van der Waals surface area contributed by atoms with E-state index in [1.165, 1.54) is 12.1 Å². The van der Waals surface area contributed by atoms with Gasteiger partial charge in [-0.1, -0.05) is 24.3 Å². The number of nitrogens with zero attached hydrogens (tertiary/aromatic N) is 1. The van der Waals surface area contributed by atoms with Crippen molar-refractivity contribution in [3.8, 4) is 0 Å². The summed E-state index contributed by atoms with van der Waals surface area (Å²) in [4.78, 5) is 15.0. The van der Waals surface area contributed by atoms with Gasteiger partial charge in [0.15, 0.2) is 0 Å². The van der Waals surface area contributed by atoms with Crippen LogP contribution in [0, 0.1) is 0 Å². The number of carbonyl (C=O) groups excluding carboxylic acids is 1. The van der Waals surface area contributed by atoms with Gasteiger partial charge in [0, 0.05) is 11.1 Å². The monoisotopic (exact) mass is 289 g/mol. The smallest absolute Gasteiger partial charge is 0.292 e. The van der Waals surface area contributed by atoms with Gasteiger partial charge in [0.25, 0.3) is 0 Å². The molecule has 0 saturated carbocycles. The molecule has 2 aromatic rings. The van der Waals surface area contributed by atoms with Crippen LogP contribution in [0.5, 0.6) is 0 Å². The number of aromatic nitrogens is 1. The Labute approximate surface area is 110 Å². The second-order valence-corrected chi connectivity index (χ2v) is 4.17. The fraction of sp³-hybridized carbons (Fsp3) is 0.231. The molecule has 0 aliphatic rings. The van der Waals surface area contributed by atoms with Crippen molar-refractivity contribution in [2.45, 2.75) is 18.5 Å². The Morgan fingerprint density at radius 3 is 2.30 bits per heavy atom. The van der Waals surface area contributed by atoms with Crippen molar-refractivity contribution in [3.63, 3.8) is 0 Å². The number of alkyl halides is 5. The lowest BCUT2D eigenvalue weighted by molar-refractivity contribution is -0.268. The molecule has 0 radical (unpaired) electrons. The quantitative estimate of drug-likeness (QED) is 0.809. The molecule has 2 nitrogen and oxygen atoms in total. The predicted molar refractivity (Wildman–Crippen MR) is 61.5 cm³/mol. The van der Waals surface area contributed by atoms with E-state index in [1.807, 2.05) is 0 Å². The van der Waals surface area contributed by atoms with Crippen molar-refractivity contribution >= 4 is 16.7 Å². The molecule has 1 heterocycles. The first-order chi connectivity index (χ1) is 9.22. The van der Waals surface area contributed by atoms with Gasteiger partial charge < -0.3 is 0 Å². The molecule has 0 spiro atoms. The summed E-state index contributed by atoms with van der Waals surface area (Å²) in [7, 11) is 0. The molecule has 0 atom stereocenters. The highest BCUT2D eigenvalue weighted by molar-refractivity contribution is 5.88. The number of benzene rings is 1. The van der Waals surface area contributed by atoms with Crippen LogP contribution in [0.4, 0.5) is 22.0 Å². The fourth-order valence-electron chi connectivity index (χ4n) is 1.64. The summed E-state index contributed by atoms with van der Waals surface area (Å²) in [5.74, 6) is -7.58. The summed E-state index contributed by atoms with van der Waals surface area (Å²) in [5, 5.41) is 0.700. The molecular formula is C13H8F5NO. The lowest BCUT2D eigenvalue weighted by Gasteiger charge is -2.17. The summed E-state index contributed by atoms with van der Waals surface area (Å²) >= 11 is 0. The average Bonchev–Trinajstić information content (AvgIpc) is 2.37. The van der Waals surface area contributed by atoms with Gasteiger partial charge in [-0.3, -0.25) is 9.78 Å². The van der Waals surface area contributed by atoms with Crippen LogP contribution < -0.4 is 0 Å². The third-order valence-corrected chi connectivity index (χ3v) is 2.70. The van der Waals surface area contributed by atoms with E-state index in [2.05, 4.69) is 4.98 Å². The van der Waals surface area contributed by atoms with Crippen molar-refractivity contribution in [3.05, 3.63) is 42.1 Å². The van der Waals surface area contributed by atoms with Gasteiger partial charge in [0.2, 0.25) is 5.78 Å². The molecule has 0 fully saturated rings. The fourth-order valence-corrected chi connectivity index (χ4v) is 1.64. The number of Topliss-reactive ketones (excluding diaryl/α,β-unsaturated/α-hetero) is 1. The maximum atomic E-state index is 12.8. The Morgan fingerprint density at radius 2 is 1.65 bits per heavy atom. The van der Waals surface area contributed by atoms with Crippen LogP contribution in [-0.4, -0.2) is 22.9 Å². The second kappa shape index (κ2) is 4.81. The van der Waals surface area contributed by atoms with Crippen LogP contribution >= 0.6 is 0 Å². The minimum Gasteiger partial charge on any atom is -0.292 e. The van der Waals surface area contributed by atoms with Crippen molar-refractivity contribution in [1.82, 2.24) is 4.98 Å². The molecule has 2 rings (SSSR count). The Morgan fingerprint density at radius 1 is 1.00 bits per heavy atom. The number of carbonyl (C=O) groups is 1. The number of pyridine rings is 1. The summed E-state index contributed by atoms with van der Waals surface area (Å²) in [6.45, 7) is 0. The number of rotatable bonds is 3. The Bertz CT molecular complexity index is 650. The Hall–Kier alpha value is -2.05. The highest BCUT2D eigenvalue weighted by Gasteiger charge is 2.62. The molecule has 1 aromatic carbocycles. The standard InChI is InChI=1S/C13H8F5NO/c14-12(15,13(16,17)18)11(20)7-9-6-5-8-3-1-2-4-10(8)19-9/h1-6H,7H2. The number of fused-ring (bicyclic) bond motifs is 1. The molecule has 0 saturated heterocycles. The largest absolute Gasteiger partial charge is 0.461 e. The minimum atomic E-state index is -5.89. The van der Waals surface area contributed by atoms with Crippen LogP contribution in [0.1, 0.15) is 5.69 Å². The number of hydrogen-bond donors (Lipinski definition) is 0. The lowest BCUT2D eigenvalue weighted by atomic mass is 10.1.